The second-order valence-corrected chi connectivity index (χ2v) is 4.53. The number of nitrogens with two attached hydrogens (primary N) is 1. The molecule has 1 aliphatic heterocycles. The Hall–Kier alpha value is -0.860. The Balaban J connectivity index is 2.13. The molecule has 2 heteroatoms. The minimum atomic E-state index is 0.563. The van der Waals surface area contributed by atoms with Crippen molar-refractivity contribution >= 4 is 0 Å². The second-order valence-electron chi connectivity index (χ2n) is 4.53. The average molecular weight is 204 g/mol. The third-order valence-corrected chi connectivity index (χ3v) is 3.50. The molecular weight excluding hydrogens is 184 g/mol. The maximum Gasteiger partial charge on any atom is 0.0348 e. The number of benzene rings is 1. The van der Waals surface area contributed by atoms with Gasteiger partial charge in [0.15, 0.2) is 0 Å². The monoisotopic (exact) mass is 204 g/mol. The van der Waals surface area contributed by atoms with Crippen LogP contribution >= 0.6 is 0 Å². The first-order valence-corrected chi connectivity index (χ1v) is 5.76. The summed E-state index contributed by atoms with van der Waals surface area (Å²) in [5.74, 6) is 0.700. The van der Waals surface area contributed by atoms with E-state index in [2.05, 4.69) is 42.3 Å². The first-order valence-electron chi connectivity index (χ1n) is 5.76. The lowest BCUT2D eigenvalue weighted by molar-refractivity contribution is 0.145. The van der Waals surface area contributed by atoms with Gasteiger partial charge < -0.3 is 5.73 Å². The van der Waals surface area contributed by atoms with Gasteiger partial charge in [-0.25, -0.2) is 0 Å². The average Bonchev–Trinajstić information content (AvgIpc) is 2.31. The summed E-state index contributed by atoms with van der Waals surface area (Å²) >= 11 is 0. The molecule has 82 valence electrons. The molecule has 0 spiro atoms. The molecule has 15 heavy (non-hydrogen) atoms. The fourth-order valence-corrected chi connectivity index (χ4v) is 2.44. The Morgan fingerprint density at radius 3 is 2.73 bits per heavy atom. The summed E-state index contributed by atoms with van der Waals surface area (Å²) in [6, 6.07) is 11.3. The van der Waals surface area contributed by atoms with Crippen LogP contribution in [0.25, 0.3) is 0 Å². The van der Waals surface area contributed by atoms with Crippen LogP contribution in [-0.4, -0.2) is 25.0 Å². The number of hydrogen-bond donors (Lipinski definition) is 1. The van der Waals surface area contributed by atoms with Gasteiger partial charge in [0.05, 0.1) is 0 Å². The number of piperidine rings is 1. The molecule has 2 atom stereocenters. The van der Waals surface area contributed by atoms with E-state index < -0.39 is 0 Å². The van der Waals surface area contributed by atoms with Crippen molar-refractivity contribution in [1.29, 1.82) is 0 Å². The fraction of sp³-hybridized carbons (Fsp3) is 0.538. The highest BCUT2D eigenvalue weighted by atomic mass is 15.1. The molecule has 2 rings (SSSR count). The quantitative estimate of drug-likeness (QED) is 0.798. The molecule has 1 aromatic rings. The maximum atomic E-state index is 5.77. The summed E-state index contributed by atoms with van der Waals surface area (Å²) in [5.41, 5.74) is 7.20. The van der Waals surface area contributed by atoms with Gasteiger partial charge in [-0.2, -0.15) is 0 Å². The molecular formula is C13H20N2. The van der Waals surface area contributed by atoms with Crippen LogP contribution in [0, 0.1) is 5.92 Å². The lowest BCUT2D eigenvalue weighted by Gasteiger charge is -2.37. The molecule has 2 unspecified atom stereocenters. The number of likely N-dealkylation sites (tertiary alicyclic amines) is 1. The van der Waals surface area contributed by atoms with Crippen molar-refractivity contribution in [3.63, 3.8) is 0 Å². The molecule has 1 aliphatic rings. The zero-order chi connectivity index (χ0) is 10.7. The third-order valence-electron chi connectivity index (χ3n) is 3.50. The van der Waals surface area contributed by atoms with E-state index in [4.69, 9.17) is 5.73 Å². The number of rotatable bonds is 2. The van der Waals surface area contributed by atoms with Crippen molar-refractivity contribution in [3.8, 4) is 0 Å². The van der Waals surface area contributed by atoms with Gasteiger partial charge in [0.25, 0.3) is 0 Å². The molecule has 0 saturated carbocycles. The zero-order valence-corrected chi connectivity index (χ0v) is 9.39. The predicted octanol–water partition coefficient (Wildman–Crippen LogP) is 2.03. The minimum Gasteiger partial charge on any atom is -0.330 e. The van der Waals surface area contributed by atoms with Crippen LogP contribution < -0.4 is 5.73 Å². The molecule has 0 aromatic heterocycles. The molecule has 1 saturated heterocycles. The van der Waals surface area contributed by atoms with Crippen molar-refractivity contribution in [2.75, 3.05) is 20.1 Å². The molecule has 0 amide bonds. The van der Waals surface area contributed by atoms with Gasteiger partial charge in [0.1, 0.15) is 0 Å². The fourth-order valence-electron chi connectivity index (χ4n) is 2.44. The summed E-state index contributed by atoms with van der Waals surface area (Å²) in [4.78, 5) is 2.45. The summed E-state index contributed by atoms with van der Waals surface area (Å²) in [6.07, 6.45) is 2.45. The molecule has 0 radical (unpaired) electrons. The summed E-state index contributed by atoms with van der Waals surface area (Å²) in [5, 5.41) is 0. The molecule has 1 heterocycles. The lowest BCUT2D eigenvalue weighted by Crippen LogP contribution is -2.36. The van der Waals surface area contributed by atoms with Gasteiger partial charge in [-0.15, -0.1) is 0 Å². The standard InChI is InChI=1S/C13H20N2/c1-15-8-7-11(10-14)9-13(15)12-5-3-2-4-6-12/h2-6,11,13H,7-10,14H2,1H3. The zero-order valence-electron chi connectivity index (χ0n) is 9.39. The maximum absolute atomic E-state index is 5.77. The van der Waals surface area contributed by atoms with Gasteiger partial charge in [0.2, 0.25) is 0 Å². The summed E-state index contributed by atoms with van der Waals surface area (Å²) < 4.78 is 0. The highest BCUT2D eigenvalue weighted by Crippen LogP contribution is 2.32. The van der Waals surface area contributed by atoms with E-state index in [0.717, 1.165) is 6.54 Å². The van der Waals surface area contributed by atoms with Gasteiger partial charge in [0, 0.05) is 6.04 Å². The summed E-state index contributed by atoms with van der Waals surface area (Å²) in [6.45, 7) is 2.00. The van der Waals surface area contributed by atoms with Gasteiger partial charge in [-0.1, -0.05) is 30.3 Å². The Morgan fingerprint density at radius 2 is 2.07 bits per heavy atom. The SMILES string of the molecule is CN1CCC(CN)CC1c1ccccc1. The van der Waals surface area contributed by atoms with Crippen LogP contribution in [0.15, 0.2) is 30.3 Å². The summed E-state index contributed by atoms with van der Waals surface area (Å²) in [7, 11) is 2.21. The van der Waals surface area contributed by atoms with E-state index in [1.165, 1.54) is 24.9 Å². The molecule has 1 fully saturated rings. The molecule has 2 nitrogen and oxygen atoms in total. The van der Waals surface area contributed by atoms with Crippen molar-refractivity contribution in [3.05, 3.63) is 35.9 Å². The van der Waals surface area contributed by atoms with E-state index in [9.17, 15) is 0 Å². The number of hydrogen-bond acceptors (Lipinski definition) is 2. The molecule has 0 aliphatic carbocycles. The third kappa shape index (κ3) is 2.39. The van der Waals surface area contributed by atoms with Crippen molar-refractivity contribution < 1.29 is 0 Å². The van der Waals surface area contributed by atoms with Crippen LogP contribution in [0.4, 0.5) is 0 Å². The van der Waals surface area contributed by atoms with Crippen LogP contribution in [0.1, 0.15) is 24.4 Å². The highest BCUT2D eigenvalue weighted by molar-refractivity contribution is 5.19. The smallest absolute Gasteiger partial charge is 0.0348 e. The Labute approximate surface area is 92.1 Å². The van der Waals surface area contributed by atoms with E-state index in [1.807, 2.05) is 0 Å². The van der Waals surface area contributed by atoms with Crippen LogP contribution in [0.2, 0.25) is 0 Å². The normalized spacial score (nSPS) is 27.9. The van der Waals surface area contributed by atoms with Crippen LogP contribution in [0.3, 0.4) is 0 Å². The Bertz CT molecular complexity index is 297. The van der Waals surface area contributed by atoms with Crippen LogP contribution in [-0.2, 0) is 0 Å². The topological polar surface area (TPSA) is 29.3 Å². The predicted molar refractivity (Wildman–Crippen MR) is 63.6 cm³/mol. The molecule has 1 aromatic carbocycles. The molecule has 0 bridgehead atoms. The van der Waals surface area contributed by atoms with Crippen molar-refractivity contribution in [2.24, 2.45) is 11.7 Å². The van der Waals surface area contributed by atoms with E-state index >= 15 is 0 Å². The van der Waals surface area contributed by atoms with Gasteiger partial charge in [-0.3, -0.25) is 4.90 Å². The van der Waals surface area contributed by atoms with Crippen LogP contribution in [0.5, 0.6) is 0 Å². The number of nitrogens with zero attached hydrogens (tertiary/aromatic N) is 1. The van der Waals surface area contributed by atoms with Crippen molar-refractivity contribution in [1.82, 2.24) is 4.90 Å². The molecule has 2 N–H and O–H groups in total. The van der Waals surface area contributed by atoms with Gasteiger partial charge in [-0.05, 0) is 44.5 Å². The first-order chi connectivity index (χ1) is 7.31. The highest BCUT2D eigenvalue weighted by Gasteiger charge is 2.25. The Morgan fingerprint density at radius 1 is 1.33 bits per heavy atom. The first kappa shape index (κ1) is 10.7. The van der Waals surface area contributed by atoms with Crippen molar-refractivity contribution in [2.45, 2.75) is 18.9 Å². The van der Waals surface area contributed by atoms with Gasteiger partial charge >= 0.3 is 0 Å². The minimum absolute atomic E-state index is 0.563. The lowest BCUT2D eigenvalue weighted by atomic mass is 9.87. The van der Waals surface area contributed by atoms with E-state index in [1.54, 1.807) is 0 Å². The van der Waals surface area contributed by atoms with E-state index in [-0.39, 0.29) is 0 Å². The largest absolute Gasteiger partial charge is 0.330 e. The van der Waals surface area contributed by atoms with E-state index in [0.29, 0.717) is 12.0 Å². The second kappa shape index (κ2) is 4.77. The Kier molecular flexibility index (Phi) is 3.39.